The van der Waals surface area contributed by atoms with E-state index in [1.54, 1.807) is 0 Å². The van der Waals surface area contributed by atoms with E-state index < -0.39 is 6.10 Å². The first-order valence-corrected chi connectivity index (χ1v) is 5.48. The fourth-order valence-electron chi connectivity index (χ4n) is 1.64. The van der Waals surface area contributed by atoms with Crippen molar-refractivity contribution in [2.45, 2.75) is 32.3 Å². The van der Waals surface area contributed by atoms with Gasteiger partial charge in [0.2, 0.25) is 0 Å². The van der Waals surface area contributed by atoms with Crippen molar-refractivity contribution in [2.75, 3.05) is 0 Å². The summed E-state index contributed by atoms with van der Waals surface area (Å²) >= 11 is 0. The Morgan fingerprint density at radius 3 is 2.53 bits per heavy atom. The van der Waals surface area contributed by atoms with Crippen LogP contribution < -0.4 is 0 Å². The molecular formula is C14H18O. The molecule has 0 aliphatic carbocycles. The van der Waals surface area contributed by atoms with E-state index in [1.165, 1.54) is 0 Å². The molecule has 1 heteroatoms. The zero-order valence-electron chi connectivity index (χ0n) is 9.19. The van der Waals surface area contributed by atoms with Crippen LogP contribution in [0, 0.1) is 18.3 Å². The first-order chi connectivity index (χ1) is 7.29. The number of aliphatic hydroxyl groups is 1. The Balaban J connectivity index is 2.66. The van der Waals surface area contributed by atoms with Gasteiger partial charge in [-0.1, -0.05) is 50.1 Å². The van der Waals surface area contributed by atoms with Crippen LogP contribution >= 0.6 is 0 Å². The van der Waals surface area contributed by atoms with Crippen molar-refractivity contribution in [1.82, 2.24) is 0 Å². The highest BCUT2D eigenvalue weighted by atomic mass is 16.3. The molecule has 1 N–H and O–H groups in total. The molecule has 0 bridgehead atoms. The minimum atomic E-state index is -0.525. The minimum Gasteiger partial charge on any atom is -0.387 e. The summed E-state index contributed by atoms with van der Waals surface area (Å²) in [5, 5.41) is 10.1. The van der Waals surface area contributed by atoms with Crippen molar-refractivity contribution in [3.8, 4) is 12.3 Å². The maximum absolute atomic E-state index is 10.1. The molecule has 1 rings (SSSR count). The van der Waals surface area contributed by atoms with Gasteiger partial charge in [-0.25, -0.2) is 0 Å². The monoisotopic (exact) mass is 202 g/mol. The summed E-state index contributed by atoms with van der Waals surface area (Å²) in [6.45, 7) is 2.13. The SMILES string of the molecule is C#CC(CCCC)C(O)c1ccccc1. The topological polar surface area (TPSA) is 20.2 Å². The zero-order valence-corrected chi connectivity index (χ0v) is 9.19. The first-order valence-electron chi connectivity index (χ1n) is 5.48. The molecule has 1 nitrogen and oxygen atoms in total. The highest BCUT2D eigenvalue weighted by Gasteiger charge is 2.17. The molecule has 0 radical (unpaired) electrons. The number of aliphatic hydroxyl groups excluding tert-OH is 1. The molecule has 80 valence electrons. The largest absolute Gasteiger partial charge is 0.387 e. The molecule has 2 unspecified atom stereocenters. The van der Waals surface area contributed by atoms with Crippen LogP contribution in [0.4, 0.5) is 0 Å². The van der Waals surface area contributed by atoms with E-state index >= 15 is 0 Å². The normalized spacial score (nSPS) is 14.2. The third kappa shape index (κ3) is 3.42. The molecule has 0 aliphatic heterocycles. The van der Waals surface area contributed by atoms with Gasteiger partial charge in [0, 0.05) is 0 Å². The van der Waals surface area contributed by atoms with E-state index in [4.69, 9.17) is 6.42 Å². The minimum absolute atomic E-state index is 0.0626. The predicted octanol–water partition coefficient (Wildman–Crippen LogP) is 3.16. The summed E-state index contributed by atoms with van der Waals surface area (Å²) in [6, 6.07) is 9.62. The van der Waals surface area contributed by atoms with Crippen LogP contribution in [0.3, 0.4) is 0 Å². The number of terminal acetylenes is 1. The van der Waals surface area contributed by atoms with Crippen LogP contribution in [0.25, 0.3) is 0 Å². The third-order valence-corrected chi connectivity index (χ3v) is 2.60. The van der Waals surface area contributed by atoms with Crippen molar-refractivity contribution in [3.05, 3.63) is 35.9 Å². The Bertz CT molecular complexity index is 310. The van der Waals surface area contributed by atoms with E-state index in [-0.39, 0.29) is 5.92 Å². The molecule has 1 aromatic rings. The zero-order chi connectivity index (χ0) is 11.1. The summed E-state index contributed by atoms with van der Waals surface area (Å²) in [5.41, 5.74) is 0.913. The maximum atomic E-state index is 10.1. The van der Waals surface area contributed by atoms with Crippen molar-refractivity contribution >= 4 is 0 Å². The van der Waals surface area contributed by atoms with Gasteiger partial charge in [-0.3, -0.25) is 0 Å². The molecule has 15 heavy (non-hydrogen) atoms. The van der Waals surface area contributed by atoms with E-state index in [1.807, 2.05) is 30.3 Å². The molecular weight excluding hydrogens is 184 g/mol. The molecule has 0 spiro atoms. The highest BCUT2D eigenvalue weighted by Crippen LogP contribution is 2.25. The molecule has 0 aromatic heterocycles. The lowest BCUT2D eigenvalue weighted by Crippen LogP contribution is -2.10. The van der Waals surface area contributed by atoms with Crippen LogP contribution in [-0.4, -0.2) is 5.11 Å². The molecule has 0 aliphatic rings. The Labute approximate surface area is 92.1 Å². The van der Waals surface area contributed by atoms with Gasteiger partial charge in [-0.15, -0.1) is 12.3 Å². The van der Waals surface area contributed by atoms with Gasteiger partial charge in [-0.05, 0) is 12.0 Å². The van der Waals surface area contributed by atoms with Crippen LogP contribution in [0.1, 0.15) is 37.9 Å². The molecule has 0 saturated heterocycles. The summed E-state index contributed by atoms with van der Waals surface area (Å²) in [5.74, 6) is 2.62. The number of hydrogen-bond acceptors (Lipinski definition) is 1. The lowest BCUT2D eigenvalue weighted by Gasteiger charge is -2.17. The average molecular weight is 202 g/mol. The average Bonchev–Trinajstić information content (AvgIpc) is 2.31. The summed E-state index contributed by atoms with van der Waals surface area (Å²) < 4.78 is 0. The maximum Gasteiger partial charge on any atom is 0.0927 e. The van der Waals surface area contributed by atoms with Gasteiger partial charge >= 0.3 is 0 Å². The highest BCUT2D eigenvalue weighted by molar-refractivity contribution is 5.20. The Hall–Kier alpha value is -1.26. The molecule has 2 atom stereocenters. The summed E-state index contributed by atoms with van der Waals surface area (Å²) in [6.07, 6.45) is 7.99. The molecule has 1 aromatic carbocycles. The molecule has 0 fully saturated rings. The standard InChI is InChI=1S/C14H18O/c1-3-5-9-12(4-2)14(15)13-10-7-6-8-11-13/h2,6-8,10-12,14-15H,3,5,9H2,1H3. The smallest absolute Gasteiger partial charge is 0.0927 e. The Morgan fingerprint density at radius 2 is 2.00 bits per heavy atom. The van der Waals surface area contributed by atoms with Crippen LogP contribution in [0.5, 0.6) is 0 Å². The Morgan fingerprint density at radius 1 is 1.33 bits per heavy atom. The quantitative estimate of drug-likeness (QED) is 0.727. The van der Waals surface area contributed by atoms with E-state index in [9.17, 15) is 5.11 Å². The van der Waals surface area contributed by atoms with Gasteiger partial charge in [0.25, 0.3) is 0 Å². The Kier molecular flexibility index (Phi) is 4.93. The van der Waals surface area contributed by atoms with E-state index in [0.717, 1.165) is 24.8 Å². The van der Waals surface area contributed by atoms with Crippen LogP contribution in [-0.2, 0) is 0 Å². The number of benzene rings is 1. The lowest BCUT2D eigenvalue weighted by molar-refractivity contribution is 0.130. The van der Waals surface area contributed by atoms with Crippen molar-refractivity contribution in [3.63, 3.8) is 0 Å². The van der Waals surface area contributed by atoms with E-state index in [0.29, 0.717) is 0 Å². The molecule has 0 amide bonds. The van der Waals surface area contributed by atoms with Gasteiger partial charge in [0.1, 0.15) is 0 Å². The molecule has 0 heterocycles. The van der Waals surface area contributed by atoms with Gasteiger partial charge in [-0.2, -0.15) is 0 Å². The van der Waals surface area contributed by atoms with E-state index in [2.05, 4.69) is 12.8 Å². The fraction of sp³-hybridized carbons (Fsp3) is 0.429. The third-order valence-electron chi connectivity index (χ3n) is 2.60. The van der Waals surface area contributed by atoms with Crippen molar-refractivity contribution in [2.24, 2.45) is 5.92 Å². The number of unbranched alkanes of at least 4 members (excludes halogenated alkanes) is 1. The lowest BCUT2D eigenvalue weighted by atomic mass is 9.92. The van der Waals surface area contributed by atoms with Gasteiger partial charge in [0.05, 0.1) is 12.0 Å². The van der Waals surface area contributed by atoms with Gasteiger partial charge in [0.15, 0.2) is 0 Å². The van der Waals surface area contributed by atoms with Crippen molar-refractivity contribution in [1.29, 1.82) is 0 Å². The summed E-state index contributed by atoms with van der Waals surface area (Å²) in [7, 11) is 0. The predicted molar refractivity (Wildman–Crippen MR) is 63.2 cm³/mol. The van der Waals surface area contributed by atoms with Crippen LogP contribution in [0.2, 0.25) is 0 Å². The van der Waals surface area contributed by atoms with Gasteiger partial charge < -0.3 is 5.11 Å². The second-order valence-corrected chi connectivity index (χ2v) is 3.77. The number of hydrogen-bond donors (Lipinski definition) is 1. The second-order valence-electron chi connectivity index (χ2n) is 3.77. The number of rotatable bonds is 5. The summed E-state index contributed by atoms with van der Waals surface area (Å²) in [4.78, 5) is 0. The fourth-order valence-corrected chi connectivity index (χ4v) is 1.64. The first kappa shape index (κ1) is 11.8. The van der Waals surface area contributed by atoms with Crippen molar-refractivity contribution < 1.29 is 5.11 Å². The van der Waals surface area contributed by atoms with Crippen LogP contribution in [0.15, 0.2) is 30.3 Å². The second kappa shape index (κ2) is 6.27. The molecule has 0 saturated carbocycles.